The molecular weight excluding hydrogens is 354 g/mol. The van der Waals surface area contributed by atoms with Crippen molar-refractivity contribution in [1.82, 2.24) is 15.5 Å². The molecule has 6 nitrogen and oxygen atoms in total. The SMILES string of the molecule is C[C@H]1C[C@H](C)CN(Cc2ccccc2CNC(=O)CNC(=O)c2ccoc2)C1. The number of carbonyl (C=O) groups excluding carboxylic acids is 2. The summed E-state index contributed by atoms with van der Waals surface area (Å²) in [5.41, 5.74) is 2.76. The number of hydrogen-bond donors (Lipinski definition) is 2. The average Bonchev–Trinajstić information content (AvgIpc) is 3.19. The number of nitrogens with one attached hydrogen (secondary N) is 2. The monoisotopic (exact) mass is 383 g/mol. The number of likely N-dealkylation sites (tertiary alicyclic amines) is 1. The molecule has 0 aliphatic carbocycles. The third-order valence-corrected chi connectivity index (χ3v) is 5.13. The molecule has 6 heteroatoms. The molecule has 1 saturated heterocycles. The smallest absolute Gasteiger partial charge is 0.254 e. The number of piperidine rings is 1. The van der Waals surface area contributed by atoms with E-state index < -0.39 is 0 Å². The van der Waals surface area contributed by atoms with Crippen LogP contribution in [0.3, 0.4) is 0 Å². The first kappa shape index (κ1) is 20.1. The lowest BCUT2D eigenvalue weighted by Gasteiger charge is -2.35. The number of benzene rings is 1. The van der Waals surface area contributed by atoms with Gasteiger partial charge in [-0.1, -0.05) is 38.1 Å². The molecule has 3 rings (SSSR count). The molecule has 1 aliphatic heterocycles. The lowest BCUT2D eigenvalue weighted by atomic mass is 9.91. The van der Waals surface area contributed by atoms with Crippen LogP contribution in [0.1, 0.15) is 41.8 Å². The normalized spacial score (nSPS) is 19.9. The zero-order chi connectivity index (χ0) is 19.9. The van der Waals surface area contributed by atoms with Crippen molar-refractivity contribution in [3.05, 3.63) is 59.5 Å². The van der Waals surface area contributed by atoms with Crippen LogP contribution in [0, 0.1) is 11.8 Å². The molecule has 2 amide bonds. The summed E-state index contributed by atoms with van der Waals surface area (Å²) in [4.78, 5) is 26.5. The minimum Gasteiger partial charge on any atom is -0.472 e. The summed E-state index contributed by atoms with van der Waals surface area (Å²) >= 11 is 0. The van der Waals surface area contributed by atoms with Crippen molar-refractivity contribution in [2.75, 3.05) is 19.6 Å². The first-order chi connectivity index (χ1) is 13.5. The van der Waals surface area contributed by atoms with Crippen LogP contribution in [-0.4, -0.2) is 36.3 Å². The van der Waals surface area contributed by atoms with Crippen molar-refractivity contribution in [2.24, 2.45) is 11.8 Å². The maximum atomic E-state index is 12.1. The van der Waals surface area contributed by atoms with E-state index in [4.69, 9.17) is 4.42 Å². The molecule has 150 valence electrons. The van der Waals surface area contributed by atoms with Crippen LogP contribution in [0.2, 0.25) is 0 Å². The van der Waals surface area contributed by atoms with Crippen LogP contribution in [0.25, 0.3) is 0 Å². The molecule has 0 bridgehead atoms. The van der Waals surface area contributed by atoms with E-state index in [2.05, 4.69) is 41.5 Å². The van der Waals surface area contributed by atoms with Crippen molar-refractivity contribution in [3.8, 4) is 0 Å². The van der Waals surface area contributed by atoms with Crippen molar-refractivity contribution >= 4 is 11.8 Å². The summed E-state index contributed by atoms with van der Waals surface area (Å²) in [7, 11) is 0. The summed E-state index contributed by atoms with van der Waals surface area (Å²) in [6.07, 6.45) is 4.07. The zero-order valence-corrected chi connectivity index (χ0v) is 16.6. The summed E-state index contributed by atoms with van der Waals surface area (Å²) < 4.78 is 4.87. The fourth-order valence-corrected chi connectivity index (χ4v) is 3.96. The highest BCUT2D eigenvalue weighted by Gasteiger charge is 2.22. The highest BCUT2D eigenvalue weighted by molar-refractivity contribution is 5.96. The molecule has 0 saturated carbocycles. The van der Waals surface area contributed by atoms with Crippen molar-refractivity contribution < 1.29 is 14.0 Å². The van der Waals surface area contributed by atoms with Crippen molar-refractivity contribution in [3.63, 3.8) is 0 Å². The molecule has 1 aliphatic rings. The van der Waals surface area contributed by atoms with E-state index in [1.807, 2.05) is 12.1 Å². The molecule has 1 fully saturated rings. The minimum atomic E-state index is -0.322. The summed E-state index contributed by atoms with van der Waals surface area (Å²) in [5, 5.41) is 5.49. The van der Waals surface area contributed by atoms with Gasteiger partial charge in [0, 0.05) is 26.2 Å². The second-order valence-electron chi connectivity index (χ2n) is 7.88. The van der Waals surface area contributed by atoms with Gasteiger partial charge in [-0.3, -0.25) is 14.5 Å². The van der Waals surface area contributed by atoms with Gasteiger partial charge >= 0.3 is 0 Å². The zero-order valence-electron chi connectivity index (χ0n) is 16.6. The molecule has 0 radical (unpaired) electrons. The van der Waals surface area contributed by atoms with Crippen LogP contribution in [0.5, 0.6) is 0 Å². The van der Waals surface area contributed by atoms with Gasteiger partial charge in [0.15, 0.2) is 0 Å². The van der Waals surface area contributed by atoms with E-state index in [1.165, 1.54) is 24.5 Å². The van der Waals surface area contributed by atoms with E-state index in [0.717, 1.165) is 37.0 Å². The van der Waals surface area contributed by atoms with Crippen LogP contribution < -0.4 is 10.6 Å². The number of carbonyl (C=O) groups is 2. The molecular formula is C22H29N3O3. The van der Waals surface area contributed by atoms with Crippen molar-refractivity contribution in [1.29, 1.82) is 0 Å². The van der Waals surface area contributed by atoms with E-state index in [9.17, 15) is 9.59 Å². The quantitative estimate of drug-likeness (QED) is 0.771. The van der Waals surface area contributed by atoms with Crippen LogP contribution in [0.4, 0.5) is 0 Å². The van der Waals surface area contributed by atoms with Crippen molar-refractivity contribution in [2.45, 2.75) is 33.4 Å². The largest absolute Gasteiger partial charge is 0.472 e. The fraction of sp³-hybridized carbons (Fsp3) is 0.455. The number of nitrogens with zero attached hydrogens (tertiary/aromatic N) is 1. The summed E-state index contributed by atoms with van der Waals surface area (Å²) in [6, 6.07) is 9.78. The van der Waals surface area contributed by atoms with E-state index in [1.54, 1.807) is 6.07 Å². The van der Waals surface area contributed by atoms with E-state index in [-0.39, 0.29) is 18.4 Å². The Morgan fingerprint density at radius 3 is 2.46 bits per heavy atom. The Bertz CT molecular complexity index is 778. The molecule has 2 N–H and O–H groups in total. The Hall–Kier alpha value is -2.60. The predicted molar refractivity (Wildman–Crippen MR) is 108 cm³/mol. The van der Waals surface area contributed by atoms with Gasteiger partial charge in [0.1, 0.15) is 6.26 Å². The van der Waals surface area contributed by atoms with E-state index >= 15 is 0 Å². The first-order valence-electron chi connectivity index (χ1n) is 9.87. The standard InChI is InChI=1S/C22H29N3O3/c1-16-9-17(2)13-25(12-16)14-19-6-4-3-5-18(19)10-23-21(26)11-24-22(27)20-7-8-28-15-20/h3-8,15-17H,9-14H2,1-2H3,(H,23,26)(H,24,27)/t16-,17-/m0/s1. The van der Waals surface area contributed by atoms with Gasteiger partial charge in [0.05, 0.1) is 18.4 Å². The predicted octanol–water partition coefficient (Wildman–Crippen LogP) is 2.80. The number of amides is 2. The fourth-order valence-electron chi connectivity index (χ4n) is 3.96. The Balaban J connectivity index is 1.50. The summed E-state index contributed by atoms with van der Waals surface area (Å²) in [6.45, 7) is 8.15. The van der Waals surface area contributed by atoms with Crippen LogP contribution >= 0.6 is 0 Å². The minimum absolute atomic E-state index is 0.0622. The van der Waals surface area contributed by atoms with Gasteiger partial charge in [-0.25, -0.2) is 0 Å². The Morgan fingerprint density at radius 2 is 1.79 bits per heavy atom. The molecule has 2 heterocycles. The van der Waals surface area contributed by atoms with Gasteiger partial charge in [-0.2, -0.15) is 0 Å². The highest BCUT2D eigenvalue weighted by Crippen LogP contribution is 2.23. The maximum Gasteiger partial charge on any atom is 0.254 e. The Labute approximate surface area is 166 Å². The maximum absolute atomic E-state index is 12.1. The third kappa shape index (κ3) is 5.70. The number of rotatable bonds is 7. The Morgan fingerprint density at radius 1 is 1.07 bits per heavy atom. The molecule has 28 heavy (non-hydrogen) atoms. The molecule has 2 aromatic rings. The molecule has 0 spiro atoms. The van der Waals surface area contributed by atoms with Gasteiger partial charge < -0.3 is 15.1 Å². The Kier molecular flexibility index (Phi) is 6.87. The van der Waals surface area contributed by atoms with Gasteiger partial charge in [-0.05, 0) is 35.4 Å². The number of furan rings is 1. The second kappa shape index (κ2) is 9.55. The van der Waals surface area contributed by atoms with Crippen LogP contribution in [0.15, 0.2) is 47.3 Å². The number of hydrogen-bond acceptors (Lipinski definition) is 4. The molecule has 2 atom stereocenters. The highest BCUT2D eigenvalue weighted by atomic mass is 16.3. The first-order valence-corrected chi connectivity index (χ1v) is 9.87. The molecule has 0 unspecified atom stereocenters. The van der Waals surface area contributed by atoms with Crippen LogP contribution in [-0.2, 0) is 17.9 Å². The topological polar surface area (TPSA) is 74.6 Å². The van der Waals surface area contributed by atoms with E-state index in [0.29, 0.717) is 12.1 Å². The van der Waals surface area contributed by atoms with Gasteiger partial charge in [-0.15, -0.1) is 0 Å². The molecule has 1 aromatic heterocycles. The van der Waals surface area contributed by atoms with Gasteiger partial charge in [0.25, 0.3) is 5.91 Å². The lowest BCUT2D eigenvalue weighted by Crippen LogP contribution is -2.38. The lowest BCUT2D eigenvalue weighted by molar-refractivity contribution is -0.120. The third-order valence-electron chi connectivity index (χ3n) is 5.13. The second-order valence-corrected chi connectivity index (χ2v) is 7.88. The summed E-state index contributed by atoms with van der Waals surface area (Å²) in [5.74, 6) is 0.897. The molecule has 1 aromatic carbocycles. The average molecular weight is 383 g/mol. The van der Waals surface area contributed by atoms with Gasteiger partial charge in [0.2, 0.25) is 5.91 Å².